The molecule has 1 N–H and O–H groups in total. The molecular formula is C21H23ClN2O2. The monoisotopic (exact) mass is 370 g/mol. The van der Waals surface area contributed by atoms with Crippen LogP contribution < -0.4 is 5.32 Å². The van der Waals surface area contributed by atoms with Crippen molar-refractivity contribution in [1.82, 2.24) is 10.2 Å². The minimum absolute atomic E-state index is 0.0564. The number of nitrogens with zero attached hydrogens (tertiary/aromatic N) is 1. The Morgan fingerprint density at radius 3 is 2.69 bits per heavy atom. The smallest absolute Gasteiger partial charge is 0.254 e. The Balaban J connectivity index is 1.94. The second-order valence-corrected chi connectivity index (χ2v) is 7.45. The molecule has 0 saturated carbocycles. The van der Waals surface area contributed by atoms with Crippen molar-refractivity contribution in [3.05, 3.63) is 58.6 Å². The molecule has 5 heteroatoms. The lowest BCUT2D eigenvalue weighted by molar-refractivity contribution is -0.129. The predicted octanol–water partition coefficient (Wildman–Crippen LogP) is 3.91. The van der Waals surface area contributed by atoms with Crippen LogP contribution in [0.15, 0.2) is 42.5 Å². The molecule has 4 nitrogen and oxygen atoms in total. The molecule has 2 aromatic carbocycles. The fraction of sp³-hybridized carbons (Fsp3) is 0.333. The minimum Gasteiger partial charge on any atom is -0.353 e. The molecule has 1 aliphatic heterocycles. The molecule has 0 bridgehead atoms. The highest BCUT2D eigenvalue weighted by Gasteiger charge is 2.35. The summed E-state index contributed by atoms with van der Waals surface area (Å²) in [6.07, 6.45) is 0. The topological polar surface area (TPSA) is 49.4 Å². The third kappa shape index (κ3) is 3.61. The third-order valence-corrected chi connectivity index (χ3v) is 4.99. The first-order valence-electron chi connectivity index (χ1n) is 8.83. The van der Waals surface area contributed by atoms with E-state index in [1.807, 2.05) is 57.2 Å². The molecule has 0 aliphatic carbocycles. The van der Waals surface area contributed by atoms with Crippen molar-refractivity contribution in [2.24, 2.45) is 5.92 Å². The molecule has 2 amide bonds. The van der Waals surface area contributed by atoms with Crippen LogP contribution in [-0.2, 0) is 4.79 Å². The summed E-state index contributed by atoms with van der Waals surface area (Å²) in [6, 6.07) is 12.9. The summed E-state index contributed by atoms with van der Waals surface area (Å²) in [4.78, 5) is 27.0. The van der Waals surface area contributed by atoms with Crippen molar-refractivity contribution in [1.29, 1.82) is 0 Å². The minimum atomic E-state index is -0.433. The average Bonchev–Trinajstić information content (AvgIpc) is 2.60. The molecule has 1 saturated heterocycles. The predicted molar refractivity (Wildman–Crippen MR) is 104 cm³/mol. The maximum Gasteiger partial charge on any atom is 0.254 e. The Bertz CT molecular complexity index is 848. The molecule has 0 spiro atoms. The van der Waals surface area contributed by atoms with Crippen LogP contribution in [-0.4, -0.2) is 35.8 Å². The van der Waals surface area contributed by atoms with Gasteiger partial charge in [-0.1, -0.05) is 43.6 Å². The number of hydrogen-bond donors (Lipinski definition) is 1. The van der Waals surface area contributed by atoms with Crippen LogP contribution in [0.5, 0.6) is 0 Å². The van der Waals surface area contributed by atoms with Gasteiger partial charge in [0.2, 0.25) is 5.91 Å². The molecule has 0 unspecified atom stereocenters. The average molecular weight is 371 g/mol. The maximum atomic E-state index is 13.1. The molecule has 0 radical (unpaired) electrons. The number of halogens is 1. The van der Waals surface area contributed by atoms with Crippen molar-refractivity contribution in [2.45, 2.75) is 26.8 Å². The first kappa shape index (κ1) is 18.5. The molecule has 0 aromatic heterocycles. The number of hydrogen-bond acceptors (Lipinski definition) is 2. The van der Waals surface area contributed by atoms with Crippen LogP contribution in [0.2, 0.25) is 5.02 Å². The first-order chi connectivity index (χ1) is 12.4. The van der Waals surface area contributed by atoms with Gasteiger partial charge in [-0.05, 0) is 53.8 Å². The number of piperazine rings is 1. The van der Waals surface area contributed by atoms with Gasteiger partial charge >= 0.3 is 0 Å². The summed E-state index contributed by atoms with van der Waals surface area (Å²) < 4.78 is 0. The van der Waals surface area contributed by atoms with E-state index < -0.39 is 6.04 Å². The van der Waals surface area contributed by atoms with Gasteiger partial charge in [-0.2, -0.15) is 0 Å². The Hall–Kier alpha value is -2.33. The van der Waals surface area contributed by atoms with Crippen molar-refractivity contribution in [3.8, 4) is 11.1 Å². The summed E-state index contributed by atoms with van der Waals surface area (Å²) in [5.41, 5.74) is 3.66. The van der Waals surface area contributed by atoms with E-state index in [4.69, 9.17) is 11.6 Å². The van der Waals surface area contributed by atoms with E-state index in [1.165, 1.54) is 0 Å². The van der Waals surface area contributed by atoms with E-state index in [9.17, 15) is 9.59 Å². The zero-order valence-electron chi connectivity index (χ0n) is 15.3. The van der Waals surface area contributed by atoms with E-state index in [1.54, 1.807) is 11.0 Å². The van der Waals surface area contributed by atoms with Crippen LogP contribution in [0, 0.1) is 12.8 Å². The van der Waals surface area contributed by atoms with Crippen LogP contribution in [0.3, 0.4) is 0 Å². The van der Waals surface area contributed by atoms with E-state index in [0.717, 1.165) is 16.7 Å². The van der Waals surface area contributed by atoms with E-state index in [-0.39, 0.29) is 17.7 Å². The van der Waals surface area contributed by atoms with Gasteiger partial charge in [0.15, 0.2) is 0 Å². The number of aryl methyl sites for hydroxylation is 1. The molecule has 26 heavy (non-hydrogen) atoms. The van der Waals surface area contributed by atoms with Crippen LogP contribution >= 0.6 is 11.6 Å². The highest BCUT2D eigenvalue weighted by atomic mass is 35.5. The Labute approximate surface area is 159 Å². The number of carbonyl (C=O) groups is 2. The Morgan fingerprint density at radius 2 is 2.00 bits per heavy atom. The molecule has 136 valence electrons. The molecule has 1 aliphatic rings. The lowest BCUT2D eigenvalue weighted by atomic mass is 9.96. The van der Waals surface area contributed by atoms with Crippen molar-refractivity contribution in [2.75, 3.05) is 13.1 Å². The van der Waals surface area contributed by atoms with Gasteiger partial charge in [0, 0.05) is 23.7 Å². The molecule has 1 heterocycles. The molecule has 2 aromatic rings. The summed E-state index contributed by atoms with van der Waals surface area (Å²) in [7, 11) is 0. The summed E-state index contributed by atoms with van der Waals surface area (Å²) in [5.74, 6) is -0.128. The highest BCUT2D eigenvalue weighted by Crippen LogP contribution is 2.27. The maximum absolute atomic E-state index is 13.1. The lowest BCUT2D eigenvalue weighted by Gasteiger charge is -2.37. The SMILES string of the molecule is Cc1cc(Cl)ccc1-c1cccc(C(=O)N2CCNC(=O)[C@@H]2C(C)C)c1. The van der Waals surface area contributed by atoms with Crippen molar-refractivity contribution < 1.29 is 9.59 Å². The van der Waals surface area contributed by atoms with Crippen molar-refractivity contribution >= 4 is 23.4 Å². The van der Waals surface area contributed by atoms with Gasteiger partial charge in [0.1, 0.15) is 6.04 Å². The van der Waals surface area contributed by atoms with Gasteiger partial charge in [0.05, 0.1) is 0 Å². The number of rotatable bonds is 3. The number of nitrogens with one attached hydrogen (secondary N) is 1. The van der Waals surface area contributed by atoms with Crippen molar-refractivity contribution in [3.63, 3.8) is 0 Å². The van der Waals surface area contributed by atoms with Crippen LogP contribution in [0.1, 0.15) is 29.8 Å². The fourth-order valence-corrected chi connectivity index (χ4v) is 3.74. The second kappa shape index (κ2) is 7.50. The third-order valence-electron chi connectivity index (χ3n) is 4.76. The van der Waals surface area contributed by atoms with Gasteiger partial charge in [0.25, 0.3) is 5.91 Å². The Morgan fingerprint density at radius 1 is 1.23 bits per heavy atom. The van der Waals surface area contributed by atoms with Gasteiger partial charge in [-0.3, -0.25) is 9.59 Å². The lowest BCUT2D eigenvalue weighted by Crippen LogP contribution is -2.59. The zero-order valence-corrected chi connectivity index (χ0v) is 16.0. The molecule has 3 rings (SSSR count). The molecular weight excluding hydrogens is 348 g/mol. The number of carbonyl (C=O) groups excluding carboxylic acids is 2. The van der Waals surface area contributed by atoms with Crippen LogP contribution in [0.25, 0.3) is 11.1 Å². The molecule has 1 fully saturated rings. The summed E-state index contributed by atoms with van der Waals surface area (Å²) >= 11 is 6.05. The van der Waals surface area contributed by atoms with Gasteiger partial charge in [-0.25, -0.2) is 0 Å². The second-order valence-electron chi connectivity index (χ2n) is 7.02. The first-order valence-corrected chi connectivity index (χ1v) is 9.21. The number of amides is 2. The number of benzene rings is 2. The van der Waals surface area contributed by atoms with Crippen LogP contribution in [0.4, 0.5) is 0 Å². The zero-order chi connectivity index (χ0) is 18.8. The van der Waals surface area contributed by atoms with Gasteiger partial charge in [-0.15, -0.1) is 0 Å². The Kier molecular flexibility index (Phi) is 5.33. The fourth-order valence-electron chi connectivity index (χ4n) is 3.51. The van der Waals surface area contributed by atoms with E-state index >= 15 is 0 Å². The van der Waals surface area contributed by atoms with E-state index in [2.05, 4.69) is 5.32 Å². The normalized spacial score (nSPS) is 17.3. The summed E-state index contributed by atoms with van der Waals surface area (Å²) in [5, 5.41) is 3.55. The molecule has 1 atom stereocenters. The van der Waals surface area contributed by atoms with Gasteiger partial charge < -0.3 is 10.2 Å². The highest BCUT2D eigenvalue weighted by molar-refractivity contribution is 6.30. The summed E-state index contributed by atoms with van der Waals surface area (Å²) in [6.45, 7) is 6.94. The quantitative estimate of drug-likeness (QED) is 0.890. The van der Waals surface area contributed by atoms with E-state index in [0.29, 0.717) is 23.7 Å². The standard InChI is InChI=1S/C21H23ClN2O2/c1-13(2)19-20(25)23-9-10-24(19)21(26)16-6-4-5-15(12-16)18-8-7-17(22)11-14(18)3/h4-8,11-13,19H,9-10H2,1-3H3,(H,23,25)/t19-/m0/s1. The largest absolute Gasteiger partial charge is 0.353 e.